The minimum Gasteiger partial charge on any atom is -0.343 e. The van der Waals surface area contributed by atoms with E-state index in [2.05, 4.69) is 10.3 Å². The Morgan fingerprint density at radius 1 is 1.19 bits per heavy atom. The van der Waals surface area contributed by atoms with Gasteiger partial charge in [-0.3, -0.25) is 4.79 Å². The van der Waals surface area contributed by atoms with Gasteiger partial charge in [0.25, 0.3) is 0 Å². The third-order valence-electron chi connectivity index (χ3n) is 5.05. The number of fused-ring (bicyclic) bond motifs is 1. The van der Waals surface area contributed by atoms with E-state index in [0.717, 1.165) is 31.4 Å². The topological polar surface area (TPSA) is 88.4 Å². The molecule has 2 heterocycles. The number of carbonyl (C=O) groups is 1. The van der Waals surface area contributed by atoms with Crippen molar-refractivity contribution in [1.82, 2.24) is 24.2 Å². The molecule has 0 N–H and O–H groups in total. The van der Waals surface area contributed by atoms with Crippen molar-refractivity contribution < 1.29 is 13.2 Å². The Morgan fingerprint density at radius 2 is 1.89 bits per heavy atom. The smallest absolute Gasteiger partial charge is 0.243 e. The van der Waals surface area contributed by atoms with Crippen LogP contribution in [-0.2, 0) is 21.4 Å². The molecular weight excluding hydrogens is 366 g/mol. The molecule has 1 aliphatic heterocycles. The summed E-state index contributed by atoms with van der Waals surface area (Å²) < 4.78 is 28.4. The Morgan fingerprint density at radius 3 is 2.56 bits per heavy atom. The van der Waals surface area contributed by atoms with Crippen molar-refractivity contribution in [1.29, 1.82) is 0 Å². The largest absolute Gasteiger partial charge is 0.343 e. The highest BCUT2D eigenvalue weighted by Gasteiger charge is 2.22. The van der Waals surface area contributed by atoms with E-state index in [1.165, 1.54) is 4.31 Å². The fourth-order valence-electron chi connectivity index (χ4n) is 3.49. The molecule has 9 heteroatoms. The maximum Gasteiger partial charge on any atom is 0.243 e. The van der Waals surface area contributed by atoms with Crippen LogP contribution in [-0.4, -0.2) is 64.7 Å². The van der Waals surface area contributed by atoms with Crippen molar-refractivity contribution in [3.63, 3.8) is 0 Å². The summed E-state index contributed by atoms with van der Waals surface area (Å²) in [5.74, 6) is 0.199. The molecule has 2 aromatic rings. The molecule has 1 amide bonds. The molecular formula is C18H27N5O3S. The zero-order valence-electron chi connectivity index (χ0n) is 16.0. The van der Waals surface area contributed by atoms with Crippen LogP contribution in [0, 0.1) is 0 Å². The third-order valence-corrected chi connectivity index (χ3v) is 7.09. The van der Waals surface area contributed by atoms with E-state index in [0.29, 0.717) is 38.0 Å². The lowest BCUT2D eigenvalue weighted by Gasteiger charge is -2.18. The average molecular weight is 394 g/mol. The number of carbonyl (C=O) groups excluding carboxylic acids is 1. The maximum absolute atomic E-state index is 12.6. The molecule has 0 aliphatic carbocycles. The van der Waals surface area contributed by atoms with Gasteiger partial charge in [-0.05, 0) is 37.5 Å². The predicted octanol–water partition coefficient (Wildman–Crippen LogP) is 1.86. The Labute approximate surface area is 160 Å². The fourth-order valence-corrected chi connectivity index (χ4v) is 4.97. The van der Waals surface area contributed by atoms with Crippen molar-refractivity contribution in [3.8, 4) is 0 Å². The molecule has 0 unspecified atom stereocenters. The van der Waals surface area contributed by atoms with E-state index in [1.54, 1.807) is 22.9 Å². The summed E-state index contributed by atoms with van der Waals surface area (Å²) in [6, 6.07) is 4.92. The van der Waals surface area contributed by atoms with E-state index in [1.807, 2.05) is 18.7 Å². The van der Waals surface area contributed by atoms with Gasteiger partial charge in [-0.15, -0.1) is 5.10 Å². The Kier molecular flexibility index (Phi) is 6.11. The van der Waals surface area contributed by atoms with Gasteiger partial charge in [-0.25, -0.2) is 13.1 Å². The SMILES string of the molecule is CCN(CC)S(=O)(=O)c1ccc2c(c1)nnn2CCCC(=O)N1CCCC1. The van der Waals surface area contributed by atoms with Crippen LogP contribution in [0.3, 0.4) is 0 Å². The lowest BCUT2D eigenvalue weighted by atomic mass is 10.2. The standard InChI is InChI=1S/C18H27N5O3S/c1-3-22(4-2)27(25,26)15-9-10-17-16(14-15)19-20-23(17)13-7-8-18(24)21-11-5-6-12-21/h9-10,14H,3-8,11-13H2,1-2H3. The zero-order chi connectivity index (χ0) is 19.4. The second kappa shape index (κ2) is 8.35. The summed E-state index contributed by atoms with van der Waals surface area (Å²) in [5.41, 5.74) is 1.33. The number of rotatable bonds is 8. The van der Waals surface area contributed by atoms with Crippen molar-refractivity contribution in [2.75, 3.05) is 26.2 Å². The number of aromatic nitrogens is 3. The molecule has 1 saturated heterocycles. The summed E-state index contributed by atoms with van der Waals surface area (Å²) in [6.07, 6.45) is 3.37. The van der Waals surface area contributed by atoms with Gasteiger partial charge in [-0.1, -0.05) is 19.1 Å². The van der Waals surface area contributed by atoms with E-state index in [9.17, 15) is 13.2 Å². The van der Waals surface area contributed by atoms with Crippen LogP contribution < -0.4 is 0 Å². The highest BCUT2D eigenvalue weighted by atomic mass is 32.2. The molecule has 8 nitrogen and oxygen atoms in total. The zero-order valence-corrected chi connectivity index (χ0v) is 16.8. The summed E-state index contributed by atoms with van der Waals surface area (Å²) in [5, 5.41) is 8.25. The number of nitrogens with zero attached hydrogens (tertiary/aromatic N) is 5. The molecule has 0 bridgehead atoms. The number of aryl methyl sites for hydroxylation is 1. The lowest BCUT2D eigenvalue weighted by Crippen LogP contribution is -2.30. The summed E-state index contributed by atoms with van der Waals surface area (Å²) in [4.78, 5) is 14.3. The molecule has 0 atom stereocenters. The van der Waals surface area contributed by atoms with Crippen LogP contribution in [0.25, 0.3) is 11.0 Å². The van der Waals surface area contributed by atoms with Crippen LogP contribution in [0.4, 0.5) is 0 Å². The number of hydrogen-bond donors (Lipinski definition) is 0. The molecule has 0 radical (unpaired) electrons. The average Bonchev–Trinajstić information content (AvgIpc) is 3.32. The quantitative estimate of drug-likeness (QED) is 0.683. The number of hydrogen-bond acceptors (Lipinski definition) is 5. The Hall–Kier alpha value is -2.00. The highest BCUT2D eigenvalue weighted by molar-refractivity contribution is 7.89. The molecule has 1 aromatic carbocycles. The summed E-state index contributed by atoms with van der Waals surface area (Å²) in [7, 11) is -3.51. The monoisotopic (exact) mass is 393 g/mol. The maximum atomic E-state index is 12.6. The Bertz CT molecular complexity index is 899. The second-order valence-electron chi connectivity index (χ2n) is 6.74. The van der Waals surface area contributed by atoms with Crippen LogP contribution in [0.15, 0.2) is 23.1 Å². The second-order valence-corrected chi connectivity index (χ2v) is 8.68. The van der Waals surface area contributed by atoms with Crippen molar-refractivity contribution in [3.05, 3.63) is 18.2 Å². The fraction of sp³-hybridized carbons (Fsp3) is 0.611. The van der Waals surface area contributed by atoms with E-state index in [4.69, 9.17) is 0 Å². The first kappa shape index (κ1) is 19.8. The molecule has 1 aromatic heterocycles. The van der Waals surface area contributed by atoms with Crippen LogP contribution in [0.1, 0.15) is 39.5 Å². The van der Waals surface area contributed by atoms with Crippen molar-refractivity contribution in [2.24, 2.45) is 0 Å². The van der Waals surface area contributed by atoms with Crippen molar-refractivity contribution >= 4 is 27.0 Å². The lowest BCUT2D eigenvalue weighted by molar-refractivity contribution is -0.130. The molecule has 0 saturated carbocycles. The first-order valence-corrected chi connectivity index (χ1v) is 11.0. The minimum atomic E-state index is -3.51. The van der Waals surface area contributed by atoms with Gasteiger partial charge >= 0.3 is 0 Å². The first-order valence-electron chi connectivity index (χ1n) is 9.58. The molecule has 0 spiro atoms. The molecule has 148 valence electrons. The number of likely N-dealkylation sites (tertiary alicyclic amines) is 1. The minimum absolute atomic E-state index is 0.199. The molecule has 27 heavy (non-hydrogen) atoms. The van der Waals surface area contributed by atoms with Gasteiger partial charge in [-0.2, -0.15) is 4.31 Å². The molecule has 3 rings (SSSR count). The van der Waals surface area contributed by atoms with Gasteiger partial charge in [0.1, 0.15) is 5.52 Å². The normalized spacial score (nSPS) is 15.1. The van der Waals surface area contributed by atoms with E-state index < -0.39 is 10.0 Å². The van der Waals surface area contributed by atoms with E-state index in [-0.39, 0.29) is 10.8 Å². The highest BCUT2D eigenvalue weighted by Crippen LogP contribution is 2.21. The van der Waals surface area contributed by atoms with Gasteiger partial charge in [0.05, 0.1) is 10.4 Å². The third kappa shape index (κ3) is 4.14. The molecule has 1 fully saturated rings. The number of sulfonamides is 1. The Balaban J connectivity index is 1.69. The summed E-state index contributed by atoms with van der Waals surface area (Å²) >= 11 is 0. The predicted molar refractivity (Wildman–Crippen MR) is 103 cm³/mol. The number of amides is 1. The van der Waals surface area contributed by atoms with Gasteiger partial charge < -0.3 is 4.90 Å². The van der Waals surface area contributed by atoms with Gasteiger partial charge in [0.15, 0.2) is 0 Å². The van der Waals surface area contributed by atoms with Crippen molar-refractivity contribution in [2.45, 2.75) is 51.0 Å². The molecule has 1 aliphatic rings. The van der Waals surface area contributed by atoms with Gasteiger partial charge in [0.2, 0.25) is 15.9 Å². The van der Waals surface area contributed by atoms with Crippen LogP contribution in [0.2, 0.25) is 0 Å². The number of benzene rings is 1. The van der Waals surface area contributed by atoms with Crippen LogP contribution in [0.5, 0.6) is 0 Å². The summed E-state index contributed by atoms with van der Waals surface area (Å²) in [6.45, 7) is 6.81. The van der Waals surface area contributed by atoms with E-state index >= 15 is 0 Å². The van der Waals surface area contributed by atoms with Gasteiger partial charge in [0, 0.05) is 39.1 Å². The first-order chi connectivity index (χ1) is 13.0. The van der Waals surface area contributed by atoms with Crippen LogP contribution >= 0.6 is 0 Å².